The van der Waals surface area contributed by atoms with Gasteiger partial charge in [-0.05, 0) is 0 Å². The van der Waals surface area contributed by atoms with Gasteiger partial charge in [0.25, 0.3) is 0 Å². The first kappa shape index (κ1) is 6.80. The van der Waals surface area contributed by atoms with Crippen molar-refractivity contribution in [3.05, 3.63) is 0 Å². The van der Waals surface area contributed by atoms with Crippen LogP contribution in [0.1, 0.15) is 0 Å². The summed E-state index contributed by atoms with van der Waals surface area (Å²) in [6, 6.07) is 0. The molecule has 4 nitrogen and oxygen atoms in total. The molecule has 1 saturated heterocycles. The molecule has 1 atom stereocenters. The van der Waals surface area contributed by atoms with E-state index in [0.29, 0.717) is 6.61 Å². The van der Waals surface area contributed by atoms with Crippen LogP contribution in [0.2, 0.25) is 0 Å². The molecular weight excluding hydrogens is 147 g/mol. The molecule has 1 heterocycles. The van der Waals surface area contributed by atoms with Gasteiger partial charge in [-0.3, -0.25) is 4.89 Å². The van der Waals surface area contributed by atoms with Crippen LogP contribution in [-0.4, -0.2) is 24.7 Å². The lowest BCUT2D eigenvalue weighted by Crippen LogP contribution is -2.03. The number of carbonyl (C=O) groups excluding carboxylic acids is 1. The predicted octanol–water partition coefficient (Wildman–Crippen LogP) is 0.692. The lowest BCUT2D eigenvalue weighted by Gasteiger charge is -1.94. The van der Waals surface area contributed by atoms with Crippen LogP contribution in [0.3, 0.4) is 0 Å². The van der Waals surface area contributed by atoms with E-state index >= 15 is 0 Å². The summed E-state index contributed by atoms with van der Waals surface area (Å²) in [7, 11) is 0. The average Bonchev–Trinajstić information content (AvgIpc) is 2.48. The lowest BCUT2D eigenvalue weighted by molar-refractivity contribution is -0.233. The summed E-state index contributed by atoms with van der Waals surface area (Å²) in [5.41, 5.74) is -0.962. The Hall–Kier alpha value is -0.320. The van der Waals surface area contributed by atoms with Crippen LogP contribution in [0.15, 0.2) is 0 Å². The Kier molecular flexibility index (Phi) is 2.27. The van der Waals surface area contributed by atoms with Crippen LogP contribution in [0.25, 0.3) is 0 Å². The molecular formula is C4H5ClO4. The van der Waals surface area contributed by atoms with E-state index in [0.717, 1.165) is 0 Å². The molecule has 1 fully saturated rings. The highest BCUT2D eigenvalue weighted by Gasteiger charge is 2.23. The Morgan fingerprint density at radius 1 is 1.89 bits per heavy atom. The number of epoxide rings is 1. The van der Waals surface area contributed by atoms with Gasteiger partial charge in [0.1, 0.15) is 12.7 Å². The van der Waals surface area contributed by atoms with Gasteiger partial charge < -0.3 is 4.74 Å². The van der Waals surface area contributed by atoms with Gasteiger partial charge in [-0.1, -0.05) is 0 Å². The van der Waals surface area contributed by atoms with Crippen molar-refractivity contribution >= 4 is 17.0 Å². The topological polar surface area (TPSA) is 48.1 Å². The van der Waals surface area contributed by atoms with Crippen LogP contribution >= 0.6 is 11.6 Å². The van der Waals surface area contributed by atoms with Crippen molar-refractivity contribution in [3.8, 4) is 0 Å². The molecule has 0 aromatic carbocycles. The van der Waals surface area contributed by atoms with Gasteiger partial charge in [-0.2, -0.15) is 4.89 Å². The monoisotopic (exact) mass is 152 g/mol. The van der Waals surface area contributed by atoms with Crippen molar-refractivity contribution < 1.29 is 19.3 Å². The molecule has 0 aromatic rings. The number of hydrogen-bond acceptors (Lipinski definition) is 4. The van der Waals surface area contributed by atoms with Crippen molar-refractivity contribution in [2.75, 3.05) is 13.2 Å². The quantitative estimate of drug-likeness (QED) is 0.258. The van der Waals surface area contributed by atoms with Gasteiger partial charge in [-0.25, -0.2) is 4.79 Å². The normalized spacial score (nSPS) is 23.4. The number of carbonyl (C=O) groups is 1. The van der Waals surface area contributed by atoms with E-state index in [1.54, 1.807) is 0 Å². The number of hydrogen-bond donors (Lipinski definition) is 0. The second-order valence-electron chi connectivity index (χ2n) is 1.56. The fourth-order valence-corrected chi connectivity index (χ4v) is 0.365. The summed E-state index contributed by atoms with van der Waals surface area (Å²) in [4.78, 5) is 18.1. The van der Waals surface area contributed by atoms with Gasteiger partial charge in [0.15, 0.2) is 0 Å². The lowest BCUT2D eigenvalue weighted by atomic mass is 10.5. The molecule has 52 valence electrons. The average molecular weight is 153 g/mol. The molecule has 0 amide bonds. The van der Waals surface area contributed by atoms with E-state index in [1.165, 1.54) is 0 Å². The molecule has 1 rings (SSSR count). The summed E-state index contributed by atoms with van der Waals surface area (Å²) in [6.45, 7) is 0.929. The Labute approximate surface area is 56.6 Å². The molecule has 9 heavy (non-hydrogen) atoms. The van der Waals surface area contributed by atoms with Gasteiger partial charge >= 0.3 is 5.43 Å². The Morgan fingerprint density at radius 3 is 3.00 bits per heavy atom. The van der Waals surface area contributed by atoms with Crippen molar-refractivity contribution in [1.29, 1.82) is 0 Å². The zero-order valence-electron chi connectivity index (χ0n) is 4.50. The van der Waals surface area contributed by atoms with Crippen LogP contribution < -0.4 is 0 Å². The van der Waals surface area contributed by atoms with Gasteiger partial charge in [-0.15, -0.1) is 0 Å². The Balaban J connectivity index is 1.86. The van der Waals surface area contributed by atoms with E-state index < -0.39 is 5.43 Å². The standard InChI is InChI=1S/C4H5ClO4/c5-4(6)9-8-2-3-1-7-3/h3H,1-2H2. The maximum absolute atomic E-state index is 9.82. The zero-order valence-corrected chi connectivity index (χ0v) is 5.26. The SMILES string of the molecule is O=C(Cl)OOCC1CO1. The highest BCUT2D eigenvalue weighted by molar-refractivity contribution is 6.61. The third-order valence-electron chi connectivity index (χ3n) is 0.781. The molecule has 0 spiro atoms. The van der Waals surface area contributed by atoms with E-state index in [4.69, 9.17) is 16.3 Å². The first-order chi connectivity index (χ1) is 4.29. The third-order valence-corrected chi connectivity index (χ3v) is 0.844. The molecule has 1 aliphatic rings. The first-order valence-electron chi connectivity index (χ1n) is 2.39. The third kappa shape index (κ3) is 3.29. The summed E-state index contributed by atoms with van der Waals surface area (Å²) in [5, 5.41) is 0. The van der Waals surface area contributed by atoms with Gasteiger partial charge in [0.2, 0.25) is 0 Å². The molecule has 0 radical (unpaired) electrons. The summed E-state index contributed by atoms with van der Waals surface area (Å²) >= 11 is 4.75. The van der Waals surface area contributed by atoms with E-state index in [1.807, 2.05) is 0 Å². The van der Waals surface area contributed by atoms with Crippen LogP contribution in [0.5, 0.6) is 0 Å². The molecule has 0 N–H and O–H groups in total. The summed E-state index contributed by atoms with van der Waals surface area (Å²) in [6.07, 6.45) is 0.0843. The molecule has 0 saturated carbocycles. The molecule has 0 aliphatic carbocycles. The molecule has 0 aromatic heterocycles. The highest BCUT2D eigenvalue weighted by Crippen LogP contribution is 2.08. The second-order valence-corrected chi connectivity index (χ2v) is 1.87. The molecule has 0 bridgehead atoms. The maximum atomic E-state index is 9.82. The Morgan fingerprint density at radius 2 is 2.56 bits per heavy atom. The zero-order chi connectivity index (χ0) is 6.69. The van der Waals surface area contributed by atoms with Gasteiger partial charge in [0, 0.05) is 11.6 Å². The second kappa shape index (κ2) is 3.00. The van der Waals surface area contributed by atoms with E-state index in [-0.39, 0.29) is 12.7 Å². The molecule has 1 aliphatic heterocycles. The Bertz CT molecular complexity index is 111. The van der Waals surface area contributed by atoms with Crippen molar-refractivity contribution in [2.24, 2.45) is 0 Å². The fourth-order valence-electron chi connectivity index (χ4n) is 0.321. The van der Waals surface area contributed by atoms with E-state index in [2.05, 4.69) is 9.78 Å². The van der Waals surface area contributed by atoms with Crippen molar-refractivity contribution in [3.63, 3.8) is 0 Å². The van der Waals surface area contributed by atoms with Gasteiger partial charge in [0.05, 0.1) is 6.61 Å². The summed E-state index contributed by atoms with van der Waals surface area (Å²) in [5.74, 6) is 0. The maximum Gasteiger partial charge on any atom is 0.435 e. The van der Waals surface area contributed by atoms with Crippen LogP contribution in [0, 0.1) is 0 Å². The highest BCUT2D eigenvalue weighted by atomic mass is 35.5. The molecule has 1 unspecified atom stereocenters. The number of halogens is 1. The minimum atomic E-state index is -0.962. The largest absolute Gasteiger partial charge is 0.435 e. The predicted molar refractivity (Wildman–Crippen MR) is 28.0 cm³/mol. The van der Waals surface area contributed by atoms with Crippen molar-refractivity contribution in [2.45, 2.75) is 6.10 Å². The minimum absolute atomic E-state index is 0.0843. The van der Waals surface area contributed by atoms with Crippen molar-refractivity contribution in [1.82, 2.24) is 0 Å². The van der Waals surface area contributed by atoms with E-state index in [9.17, 15) is 4.79 Å². The number of ether oxygens (including phenoxy) is 1. The number of rotatable bonds is 3. The van der Waals surface area contributed by atoms with Crippen LogP contribution in [0.4, 0.5) is 4.79 Å². The minimum Gasteiger partial charge on any atom is -0.370 e. The fraction of sp³-hybridized carbons (Fsp3) is 0.750. The first-order valence-corrected chi connectivity index (χ1v) is 2.77. The smallest absolute Gasteiger partial charge is 0.370 e. The molecule has 5 heteroatoms. The summed E-state index contributed by atoms with van der Waals surface area (Å²) < 4.78 is 4.73. The van der Waals surface area contributed by atoms with Crippen LogP contribution in [-0.2, 0) is 14.5 Å².